The van der Waals surface area contributed by atoms with Crippen molar-refractivity contribution in [2.75, 3.05) is 14.2 Å². The quantitative estimate of drug-likeness (QED) is 0.525. The van der Waals surface area contributed by atoms with Crippen LogP contribution in [0.1, 0.15) is 62.2 Å². The highest BCUT2D eigenvalue weighted by atomic mass is 16.5. The minimum Gasteiger partial charge on any atom is -0.493 e. The standard InChI is InChI=1S/C27H31NO3/c1-18(20-12-8-10-19-9-4-5-11-21(19)20)28-23-17-27(15-6-7-16-27)31-25-22(23)13-14-24(29-2)26(25)30-3/h4-5,8-14,18,23,28H,6-7,15-17H2,1-3H3. The van der Waals surface area contributed by atoms with Crippen molar-refractivity contribution in [2.24, 2.45) is 0 Å². The molecule has 3 aromatic rings. The molecule has 1 fully saturated rings. The summed E-state index contributed by atoms with van der Waals surface area (Å²) in [5.74, 6) is 2.27. The Morgan fingerprint density at radius 3 is 2.52 bits per heavy atom. The molecule has 2 aliphatic rings. The second kappa shape index (κ2) is 8.08. The molecule has 1 aliphatic carbocycles. The van der Waals surface area contributed by atoms with Crippen LogP contribution < -0.4 is 19.5 Å². The first-order valence-electron chi connectivity index (χ1n) is 11.3. The van der Waals surface area contributed by atoms with Gasteiger partial charge in [0, 0.05) is 24.1 Å². The molecule has 1 N–H and O–H groups in total. The number of benzene rings is 3. The number of hydrogen-bond donors (Lipinski definition) is 1. The van der Waals surface area contributed by atoms with Crippen LogP contribution in [0.5, 0.6) is 17.2 Å². The summed E-state index contributed by atoms with van der Waals surface area (Å²) in [7, 11) is 3.37. The number of fused-ring (bicyclic) bond motifs is 2. The highest BCUT2D eigenvalue weighted by molar-refractivity contribution is 5.86. The van der Waals surface area contributed by atoms with E-state index in [0.29, 0.717) is 5.75 Å². The van der Waals surface area contributed by atoms with Crippen molar-refractivity contribution in [1.82, 2.24) is 5.32 Å². The van der Waals surface area contributed by atoms with Gasteiger partial charge in [-0.2, -0.15) is 0 Å². The van der Waals surface area contributed by atoms with Crippen LogP contribution in [-0.4, -0.2) is 19.8 Å². The van der Waals surface area contributed by atoms with Crippen LogP contribution in [0, 0.1) is 0 Å². The lowest BCUT2D eigenvalue weighted by Gasteiger charge is -2.42. The lowest BCUT2D eigenvalue weighted by molar-refractivity contribution is 0.0317. The number of methoxy groups -OCH3 is 2. The lowest BCUT2D eigenvalue weighted by Crippen LogP contribution is -2.42. The monoisotopic (exact) mass is 417 g/mol. The third kappa shape index (κ3) is 3.53. The molecule has 162 valence electrons. The van der Waals surface area contributed by atoms with Gasteiger partial charge in [-0.1, -0.05) is 42.5 Å². The Morgan fingerprint density at radius 2 is 1.74 bits per heavy atom. The zero-order valence-electron chi connectivity index (χ0n) is 18.6. The first-order valence-corrected chi connectivity index (χ1v) is 11.3. The Morgan fingerprint density at radius 1 is 0.968 bits per heavy atom. The zero-order valence-corrected chi connectivity index (χ0v) is 18.6. The van der Waals surface area contributed by atoms with Crippen molar-refractivity contribution >= 4 is 10.8 Å². The van der Waals surface area contributed by atoms with E-state index in [-0.39, 0.29) is 17.7 Å². The molecular weight excluding hydrogens is 386 g/mol. The molecule has 31 heavy (non-hydrogen) atoms. The smallest absolute Gasteiger partial charge is 0.203 e. The van der Waals surface area contributed by atoms with Crippen LogP contribution in [0.15, 0.2) is 54.6 Å². The van der Waals surface area contributed by atoms with Crippen molar-refractivity contribution in [3.8, 4) is 17.2 Å². The predicted molar refractivity (Wildman–Crippen MR) is 124 cm³/mol. The van der Waals surface area contributed by atoms with E-state index in [1.165, 1.54) is 29.2 Å². The van der Waals surface area contributed by atoms with Crippen LogP contribution in [0.4, 0.5) is 0 Å². The van der Waals surface area contributed by atoms with E-state index in [9.17, 15) is 0 Å². The summed E-state index contributed by atoms with van der Waals surface area (Å²) in [5.41, 5.74) is 2.36. The number of hydrogen-bond acceptors (Lipinski definition) is 4. The van der Waals surface area contributed by atoms with Crippen LogP contribution in [0.2, 0.25) is 0 Å². The van der Waals surface area contributed by atoms with E-state index in [4.69, 9.17) is 14.2 Å². The maximum atomic E-state index is 6.69. The van der Waals surface area contributed by atoms with E-state index in [1.807, 2.05) is 6.07 Å². The number of nitrogens with one attached hydrogen (secondary N) is 1. The van der Waals surface area contributed by atoms with E-state index < -0.39 is 0 Å². The maximum absolute atomic E-state index is 6.69. The summed E-state index contributed by atoms with van der Waals surface area (Å²) in [4.78, 5) is 0. The molecule has 5 rings (SSSR count). The number of ether oxygens (including phenoxy) is 3. The molecule has 4 nitrogen and oxygen atoms in total. The third-order valence-corrected chi connectivity index (χ3v) is 7.06. The second-order valence-electron chi connectivity index (χ2n) is 8.93. The fourth-order valence-corrected chi connectivity index (χ4v) is 5.53. The SMILES string of the molecule is COc1ccc2c(c1OC)OC1(CCCC1)CC2NC(C)c1cccc2ccccc12. The van der Waals surface area contributed by atoms with E-state index >= 15 is 0 Å². The lowest BCUT2D eigenvalue weighted by atomic mass is 9.85. The van der Waals surface area contributed by atoms with Gasteiger partial charge in [0.2, 0.25) is 5.75 Å². The average Bonchev–Trinajstić information content (AvgIpc) is 3.25. The van der Waals surface area contributed by atoms with Gasteiger partial charge in [-0.05, 0) is 61.1 Å². The van der Waals surface area contributed by atoms with Gasteiger partial charge in [0.05, 0.1) is 14.2 Å². The van der Waals surface area contributed by atoms with Gasteiger partial charge < -0.3 is 19.5 Å². The molecule has 3 aromatic carbocycles. The Bertz CT molecular complexity index is 1080. The van der Waals surface area contributed by atoms with E-state index in [1.54, 1.807) is 14.2 Å². The molecular formula is C27H31NO3. The van der Waals surface area contributed by atoms with Gasteiger partial charge in [-0.3, -0.25) is 0 Å². The summed E-state index contributed by atoms with van der Waals surface area (Å²) in [6.07, 6.45) is 5.59. The summed E-state index contributed by atoms with van der Waals surface area (Å²) < 4.78 is 18.0. The highest BCUT2D eigenvalue weighted by Gasteiger charge is 2.45. The van der Waals surface area contributed by atoms with Gasteiger partial charge in [-0.25, -0.2) is 0 Å². The first kappa shape index (κ1) is 20.2. The normalized spacial score (nSPS) is 20.3. The Hall–Kier alpha value is -2.72. The molecule has 2 atom stereocenters. The summed E-state index contributed by atoms with van der Waals surface area (Å²) in [5, 5.41) is 6.53. The fraction of sp³-hybridized carbons (Fsp3) is 0.407. The number of rotatable bonds is 5. The van der Waals surface area contributed by atoms with Crippen molar-refractivity contribution in [3.05, 3.63) is 65.7 Å². The van der Waals surface area contributed by atoms with Crippen molar-refractivity contribution in [2.45, 2.75) is 56.7 Å². The van der Waals surface area contributed by atoms with Crippen molar-refractivity contribution in [3.63, 3.8) is 0 Å². The minimum absolute atomic E-state index is 0.122. The molecule has 0 aromatic heterocycles. The minimum atomic E-state index is -0.122. The summed E-state index contributed by atoms with van der Waals surface area (Å²) in [6, 6.07) is 19.7. The molecule has 0 radical (unpaired) electrons. The van der Waals surface area contributed by atoms with E-state index in [0.717, 1.165) is 36.3 Å². The maximum Gasteiger partial charge on any atom is 0.203 e. The highest BCUT2D eigenvalue weighted by Crippen LogP contribution is 2.53. The van der Waals surface area contributed by atoms with Gasteiger partial charge in [-0.15, -0.1) is 0 Å². The molecule has 1 spiro atoms. The van der Waals surface area contributed by atoms with Gasteiger partial charge in [0.1, 0.15) is 5.60 Å². The summed E-state index contributed by atoms with van der Waals surface area (Å²) >= 11 is 0. The Labute approximate surface area is 184 Å². The third-order valence-electron chi connectivity index (χ3n) is 7.06. The van der Waals surface area contributed by atoms with Crippen LogP contribution in [0.25, 0.3) is 10.8 Å². The Balaban J connectivity index is 1.54. The first-order chi connectivity index (χ1) is 15.1. The topological polar surface area (TPSA) is 39.7 Å². The van der Waals surface area contributed by atoms with Crippen LogP contribution in [0.3, 0.4) is 0 Å². The largest absolute Gasteiger partial charge is 0.493 e. The molecule has 0 bridgehead atoms. The van der Waals surface area contributed by atoms with Crippen molar-refractivity contribution in [1.29, 1.82) is 0 Å². The van der Waals surface area contributed by atoms with Gasteiger partial charge in [0.25, 0.3) is 0 Å². The molecule has 1 aliphatic heterocycles. The molecule has 0 amide bonds. The predicted octanol–water partition coefficient (Wildman–Crippen LogP) is 6.34. The average molecular weight is 418 g/mol. The van der Waals surface area contributed by atoms with Crippen molar-refractivity contribution < 1.29 is 14.2 Å². The van der Waals surface area contributed by atoms with E-state index in [2.05, 4.69) is 60.8 Å². The zero-order chi connectivity index (χ0) is 21.4. The van der Waals surface area contributed by atoms with Gasteiger partial charge in [0.15, 0.2) is 11.5 Å². The molecule has 1 saturated carbocycles. The molecule has 4 heteroatoms. The molecule has 0 saturated heterocycles. The summed E-state index contributed by atoms with van der Waals surface area (Å²) in [6.45, 7) is 2.26. The van der Waals surface area contributed by atoms with Crippen LogP contribution in [-0.2, 0) is 0 Å². The van der Waals surface area contributed by atoms with Crippen LogP contribution >= 0.6 is 0 Å². The fourth-order valence-electron chi connectivity index (χ4n) is 5.53. The molecule has 1 heterocycles. The molecule has 2 unspecified atom stereocenters. The van der Waals surface area contributed by atoms with Gasteiger partial charge >= 0.3 is 0 Å². The second-order valence-corrected chi connectivity index (χ2v) is 8.93. The Kier molecular flexibility index (Phi) is 5.27.